The number of hydrogen-bond acceptors (Lipinski definition) is 6. The molecule has 0 atom stereocenters. The minimum Gasteiger partial charge on any atom is -0.433 e. The van der Waals surface area contributed by atoms with Crippen molar-refractivity contribution in [2.45, 2.75) is 18.8 Å². The summed E-state index contributed by atoms with van der Waals surface area (Å²) in [6.07, 6.45) is 0.252. The standard InChI is InChI=1S/C22H17ClF3N3O3S2/c23-15-7-5-14(6-8-15)11-12-34(30,31)13-20-27-28-21(18-9-10-19(24)33-18)29(20)16-3-1-2-4-17(16)32-22(25)26/h1-10,22H,11-13H2. The van der Waals surface area contributed by atoms with Gasteiger partial charge >= 0.3 is 6.61 Å². The molecule has 2 aromatic carbocycles. The predicted molar refractivity (Wildman–Crippen MR) is 124 cm³/mol. The molecule has 0 aliphatic heterocycles. The van der Waals surface area contributed by atoms with E-state index in [4.69, 9.17) is 11.6 Å². The third-order valence-electron chi connectivity index (χ3n) is 4.81. The van der Waals surface area contributed by atoms with Gasteiger partial charge < -0.3 is 4.74 Å². The minimum absolute atomic E-state index is 0.00905. The molecule has 4 rings (SSSR count). The van der Waals surface area contributed by atoms with Crippen molar-refractivity contribution in [2.75, 3.05) is 5.75 Å². The number of ether oxygens (including phenoxy) is 1. The van der Waals surface area contributed by atoms with Crippen LogP contribution in [0.5, 0.6) is 5.75 Å². The van der Waals surface area contributed by atoms with Crippen molar-refractivity contribution in [3.05, 3.63) is 82.2 Å². The molecular formula is C22H17ClF3N3O3S2. The molecule has 0 N–H and O–H groups in total. The first-order valence-corrected chi connectivity index (χ1v) is 12.9. The topological polar surface area (TPSA) is 74.1 Å². The van der Waals surface area contributed by atoms with Crippen molar-refractivity contribution in [2.24, 2.45) is 0 Å². The van der Waals surface area contributed by atoms with Gasteiger partial charge in [0.2, 0.25) is 0 Å². The molecule has 0 amide bonds. The van der Waals surface area contributed by atoms with Crippen LogP contribution in [0.1, 0.15) is 11.4 Å². The number of aryl methyl sites for hydroxylation is 1. The number of hydrogen-bond donors (Lipinski definition) is 0. The van der Waals surface area contributed by atoms with E-state index in [0.29, 0.717) is 9.90 Å². The van der Waals surface area contributed by atoms with Crippen LogP contribution in [-0.2, 0) is 22.0 Å². The van der Waals surface area contributed by atoms with E-state index in [1.54, 1.807) is 30.3 Å². The molecular weight excluding hydrogens is 511 g/mol. The van der Waals surface area contributed by atoms with Crippen LogP contribution in [0.4, 0.5) is 13.2 Å². The Morgan fingerprint density at radius 3 is 2.44 bits per heavy atom. The van der Waals surface area contributed by atoms with Crippen LogP contribution in [0.15, 0.2) is 60.7 Å². The summed E-state index contributed by atoms with van der Waals surface area (Å²) in [5.74, 6) is -0.785. The highest BCUT2D eigenvalue weighted by Crippen LogP contribution is 2.33. The Bertz CT molecular complexity index is 1390. The zero-order chi connectivity index (χ0) is 24.3. The number of benzene rings is 2. The molecule has 0 fully saturated rings. The molecule has 2 heterocycles. The van der Waals surface area contributed by atoms with Gasteiger partial charge in [0.25, 0.3) is 0 Å². The maximum Gasteiger partial charge on any atom is 0.387 e. The lowest BCUT2D eigenvalue weighted by Crippen LogP contribution is -2.16. The molecule has 178 valence electrons. The van der Waals surface area contributed by atoms with Gasteiger partial charge in [-0.1, -0.05) is 35.9 Å². The van der Waals surface area contributed by atoms with E-state index in [2.05, 4.69) is 14.9 Å². The number of sulfone groups is 1. The van der Waals surface area contributed by atoms with E-state index >= 15 is 0 Å². The fourth-order valence-electron chi connectivity index (χ4n) is 3.29. The van der Waals surface area contributed by atoms with Crippen molar-refractivity contribution in [1.82, 2.24) is 14.8 Å². The molecule has 34 heavy (non-hydrogen) atoms. The van der Waals surface area contributed by atoms with Gasteiger partial charge in [0.15, 0.2) is 26.6 Å². The van der Waals surface area contributed by atoms with Crippen molar-refractivity contribution in [3.8, 4) is 22.1 Å². The van der Waals surface area contributed by atoms with Gasteiger partial charge in [0.1, 0.15) is 11.5 Å². The summed E-state index contributed by atoms with van der Waals surface area (Å²) in [6.45, 7) is -3.10. The highest BCUT2D eigenvalue weighted by Gasteiger charge is 2.24. The van der Waals surface area contributed by atoms with E-state index in [1.165, 1.54) is 34.9 Å². The number of halogens is 4. The summed E-state index contributed by atoms with van der Waals surface area (Å²) in [6, 6.07) is 15.4. The van der Waals surface area contributed by atoms with Crippen LogP contribution in [0.3, 0.4) is 0 Å². The summed E-state index contributed by atoms with van der Waals surface area (Å²) in [5, 5.41) is 8.11. The second-order valence-corrected chi connectivity index (χ2v) is 10.8. The second kappa shape index (κ2) is 10.2. The average Bonchev–Trinajstić information content (AvgIpc) is 3.39. The quantitative estimate of drug-likeness (QED) is 0.285. The zero-order valence-electron chi connectivity index (χ0n) is 17.4. The number of nitrogens with zero attached hydrogens (tertiary/aromatic N) is 3. The number of para-hydroxylation sites is 2. The fraction of sp³-hybridized carbons (Fsp3) is 0.182. The Labute approximate surface area is 202 Å². The maximum absolute atomic E-state index is 13.7. The summed E-state index contributed by atoms with van der Waals surface area (Å²) < 4.78 is 71.5. The summed E-state index contributed by atoms with van der Waals surface area (Å²) in [7, 11) is -3.69. The first-order chi connectivity index (χ1) is 16.2. The van der Waals surface area contributed by atoms with E-state index in [1.807, 2.05) is 0 Å². The summed E-state index contributed by atoms with van der Waals surface area (Å²) in [4.78, 5) is 0.349. The van der Waals surface area contributed by atoms with Crippen molar-refractivity contribution in [3.63, 3.8) is 0 Å². The summed E-state index contributed by atoms with van der Waals surface area (Å²) in [5.41, 5.74) is 0.902. The van der Waals surface area contributed by atoms with E-state index in [9.17, 15) is 21.6 Å². The van der Waals surface area contributed by atoms with Gasteiger partial charge in [0, 0.05) is 5.02 Å². The monoisotopic (exact) mass is 527 g/mol. The number of rotatable bonds is 9. The lowest BCUT2D eigenvalue weighted by Gasteiger charge is -2.15. The fourth-order valence-corrected chi connectivity index (χ4v) is 5.39. The van der Waals surface area contributed by atoms with Gasteiger partial charge in [-0.3, -0.25) is 4.57 Å². The lowest BCUT2D eigenvalue weighted by atomic mass is 10.2. The maximum atomic E-state index is 13.7. The normalized spacial score (nSPS) is 11.8. The van der Waals surface area contributed by atoms with Gasteiger partial charge in [-0.05, 0) is 48.4 Å². The highest BCUT2D eigenvalue weighted by molar-refractivity contribution is 7.90. The first kappa shape index (κ1) is 24.2. The molecule has 0 saturated carbocycles. The molecule has 0 aliphatic rings. The van der Waals surface area contributed by atoms with Gasteiger partial charge in [-0.25, -0.2) is 8.42 Å². The molecule has 12 heteroatoms. The van der Waals surface area contributed by atoms with Crippen LogP contribution in [-0.4, -0.2) is 35.5 Å². The number of aromatic nitrogens is 3. The van der Waals surface area contributed by atoms with Crippen LogP contribution < -0.4 is 4.74 Å². The molecule has 4 aromatic rings. The molecule has 0 unspecified atom stereocenters. The van der Waals surface area contributed by atoms with E-state index < -0.39 is 27.3 Å². The Hall–Kier alpha value is -2.89. The zero-order valence-corrected chi connectivity index (χ0v) is 19.8. The smallest absolute Gasteiger partial charge is 0.387 e. The van der Waals surface area contributed by atoms with Gasteiger partial charge in [0.05, 0.1) is 16.3 Å². The van der Waals surface area contributed by atoms with Crippen LogP contribution in [0.25, 0.3) is 16.4 Å². The molecule has 6 nitrogen and oxygen atoms in total. The second-order valence-electron chi connectivity index (χ2n) is 7.19. The Balaban J connectivity index is 1.71. The third kappa shape index (κ3) is 5.78. The molecule has 2 aromatic heterocycles. The van der Waals surface area contributed by atoms with Crippen LogP contribution in [0.2, 0.25) is 5.02 Å². The van der Waals surface area contributed by atoms with Gasteiger partial charge in [-0.15, -0.1) is 21.5 Å². The third-order valence-corrected chi connectivity index (χ3v) is 7.46. The first-order valence-electron chi connectivity index (χ1n) is 9.91. The van der Waals surface area contributed by atoms with Crippen LogP contribution in [0, 0.1) is 5.13 Å². The van der Waals surface area contributed by atoms with Gasteiger partial charge in [-0.2, -0.15) is 13.2 Å². The number of thiophene rings is 1. The van der Waals surface area contributed by atoms with Crippen molar-refractivity contribution < 1.29 is 26.3 Å². The Kier molecular flexibility index (Phi) is 7.24. The molecule has 0 aliphatic carbocycles. The van der Waals surface area contributed by atoms with E-state index in [-0.39, 0.29) is 35.3 Å². The van der Waals surface area contributed by atoms with Crippen molar-refractivity contribution >= 4 is 32.8 Å². The largest absolute Gasteiger partial charge is 0.433 e. The molecule has 0 bridgehead atoms. The van der Waals surface area contributed by atoms with Crippen molar-refractivity contribution in [1.29, 1.82) is 0 Å². The molecule has 0 saturated heterocycles. The lowest BCUT2D eigenvalue weighted by molar-refractivity contribution is -0.0498. The predicted octanol–water partition coefficient (Wildman–Crippen LogP) is 5.55. The Morgan fingerprint density at radius 2 is 1.76 bits per heavy atom. The SMILES string of the molecule is O=S(=O)(CCc1ccc(Cl)cc1)Cc1nnc(-c2ccc(F)s2)n1-c1ccccc1OC(F)F. The average molecular weight is 528 g/mol. The Morgan fingerprint density at radius 1 is 1.03 bits per heavy atom. The summed E-state index contributed by atoms with van der Waals surface area (Å²) >= 11 is 6.64. The van der Waals surface area contributed by atoms with E-state index in [0.717, 1.165) is 16.9 Å². The van der Waals surface area contributed by atoms with Crippen LogP contribution >= 0.6 is 22.9 Å². The number of alkyl halides is 2. The molecule has 0 spiro atoms. The highest BCUT2D eigenvalue weighted by atomic mass is 35.5. The minimum atomic E-state index is -3.69. The molecule has 0 radical (unpaired) electrons.